The summed E-state index contributed by atoms with van der Waals surface area (Å²) in [6, 6.07) is 3.91. The van der Waals surface area contributed by atoms with Crippen molar-refractivity contribution in [1.82, 2.24) is 24.6 Å². The molecule has 2 aliphatic rings. The second-order valence-electron chi connectivity index (χ2n) is 9.31. The Morgan fingerprint density at radius 1 is 1.03 bits per heavy atom. The number of rotatable bonds is 4. The highest BCUT2D eigenvalue weighted by molar-refractivity contribution is 5.73. The van der Waals surface area contributed by atoms with Crippen LogP contribution >= 0.6 is 0 Å². The van der Waals surface area contributed by atoms with Gasteiger partial charge in [-0.2, -0.15) is 23.3 Å². The van der Waals surface area contributed by atoms with Crippen LogP contribution in [0.3, 0.4) is 0 Å². The van der Waals surface area contributed by atoms with Crippen LogP contribution in [-0.4, -0.2) is 62.9 Å². The Hall–Kier alpha value is -2.65. The van der Waals surface area contributed by atoms with Crippen LogP contribution in [0.15, 0.2) is 12.1 Å². The van der Waals surface area contributed by atoms with Gasteiger partial charge in [-0.15, -0.1) is 0 Å². The molecular weight excluding hydrogens is 433 g/mol. The van der Waals surface area contributed by atoms with Crippen LogP contribution in [0.5, 0.6) is 0 Å². The van der Waals surface area contributed by atoms with Gasteiger partial charge in [0, 0.05) is 50.6 Å². The van der Waals surface area contributed by atoms with E-state index in [4.69, 9.17) is 9.97 Å². The minimum absolute atomic E-state index is 0.0656. The number of alkyl halides is 3. The molecule has 0 aromatic carbocycles. The van der Waals surface area contributed by atoms with E-state index >= 15 is 0 Å². The molecule has 33 heavy (non-hydrogen) atoms. The number of aromatic nitrogens is 4. The molecule has 2 aromatic heterocycles. The van der Waals surface area contributed by atoms with Crippen LogP contribution < -0.4 is 4.90 Å². The van der Waals surface area contributed by atoms with E-state index in [1.54, 1.807) is 11.6 Å². The third-order valence-electron chi connectivity index (χ3n) is 6.81. The number of piperazine rings is 1. The van der Waals surface area contributed by atoms with E-state index in [1.165, 1.54) is 0 Å². The summed E-state index contributed by atoms with van der Waals surface area (Å²) in [5.41, 5.74) is 2.61. The summed E-state index contributed by atoms with van der Waals surface area (Å²) in [5.74, 6) is 0.309. The second-order valence-corrected chi connectivity index (χ2v) is 9.31. The van der Waals surface area contributed by atoms with E-state index in [2.05, 4.69) is 10.00 Å². The van der Waals surface area contributed by atoms with Crippen LogP contribution in [0.1, 0.15) is 49.7 Å². The summed E-state index contributed by atoms with van der Waals surface area (Å²) in [4.78, 5) is 25.2. The van der Waals surface area contributed by atoms with Gasteiger partial charge in [0.2, 0.25) is 5.91 Å². The van der Waals surface area contributed by atoms with E-state index in [-0.39, 0.29) is 24.7 Å². The molecule has 0 unspecified atom stereocenters. The van der Waals surface area contributed by atoms with Crippen LogP contribution in [0.4, 0.5) is 19.0 Å². The summed E-state index contributed by atoms with van der Waals surface area (Å²) in [5, 5.41) is 4.52. The standard InChI is InChI=1S/C23H31F3N6O/c1-15-12-16(2)32(29-15)22-27-20(13-18-4-6-19(7-5-18)23(24,25)26)14-21(28-22)31-10-8-30(9-11-31)17(3)33/h12,14,18-19H,4-11,13H2,1-3H3. The first kappa shape index (κ1) is 23.5. The molecular formula is C23H31F3N6O. The Balaban J connectivity index is 1.56. The van der Waals surface area contributed by atoms with Crippen molar-refractivity contribution in [3.05, 3.63) is 29.2 Å². The van der Waals surface area contributed by atoms with Gasteiger partial charge in [-0.3, -0.25) is 4.79 Å². The second kappa shape index (κ2) is 9.30. The van der Waals surface area contributed by atoms with E-state index in [9.17, 15) is 18.0 Å². The summed E-state index contributed by atoms with van der Waals surface area (Å²) < 4.78 is 40.9. The molecule has 10 heteroatoms. The van der Waals surface area contributed by atoms with Crippen LogP contribution in [0.25, 0.3) is 5.95 Å². The number of anilines is 1. The number of nitrogens with zero attached hydrogens (tertiary/aromatic N) is 6. The molecule has 0 radical (unpaired) electrons. The zero-order chi connectivity index (χ0) is 23.8. The monoisotopic (exact) mass is 464 g/mol. The molecule has 1 amide bonds. The first-order valence-electron chi connectivity index (χ1n) is 11.6. The van der Waals surface area contributed by atoms with Gasteiger partial charge in [0.05, 0.1) is 11.6 Å². The molecule has 2 aromatic rings. The Labute approximate surface area is 192 Å². The summed E-state index contributed by atoms with van der Waals surface area (Å²) in [6.45, 7) is 8.03. The fourth-order valence-corrected chi connectivity index (χ4v) is 4.90. The minimum Gasteiger partial charge on any atom is -0.353 e. The number of amides is 1. The average Bonchev–Trinajstić information content (AvgIpc) is 3.11. The van der Waals surface area contributed by atoms with Crippen molar-refractivity contribution in [2.24, 2.45) is 11.8 Å². The van der Waals surface area contributed by atoms with Gasteiger partial charge >= 0.3 is 6.18 Å². The molecule has 4 rings (SSSR count). The Morgan fingerprint density at radius 3 is 2.24 bits per heavy atom. The van der Waals surface area contributed by atoms with Crippen molar-refractivity contribution < 1.29 is 18.0 Å². The van der Waals surface area contributed by atoms with E-state index < -0.39 is 12.1 Å². The first-order valence-corrected chi connectivity index (χ1v) is 11.6. The molecule has 0 N–H and O–H groups in total. The molecule has 0 bridgehead atoms. The van der Waals surface area contributed by atoms with Crippen molar-refractivity contribution in [2.75, 3.05) is 31.1 Å². The number of carbonyl (C=O) groups excluding carboxylic acids is 1. The predicted octanol–water partition coefficient (Wildman–Crippen LogP) is 3.86. The van der Waals surface area contributed by atoms with Crippen molar-refractivity contribution in [3.63, 3.8) is 0 Å². The van der Waals surface area contributed by atoms with Crippen molar-refractivity contribution in [1.29, 1.82) is 0 Å². The minimum atomic E-state index is -4.10. The topological polar surface area (TPSA) is 67.2 Å². The lowest BCUT2D eigenvalue weighted by atomic mass is 9.79. The number of hydrogen-bond acceptors (Lipinski definition) is 5. The van der Waals surface area contributed by atoms with E-state index in [0.29, 0.717) is 51.4 Å². The highest BCUT2D eigenvalue weighted by atomic mass is 19.4. The highest BCUT2D eigenvalue weighted by Gasteiger charge is 2.41. The maximum absolute atomic E-state index is 13.1. The maximum Gasteiger partial charge on any atom is 0.391 e. The predicted molar refractivity (Wildman–Crippen MR) is 118 cm³/mol. The molecule has 1 aliphatic carbocycles. The summed E-state index contributed by atoms with van der Waals surface area (Å²) >= 11 is 0. The maximum atomic E-state index is 13.1. The molecule has 3 heterocycles. The normalized spacial score (nSPS) is 22.0. The lowest BCUT2D eigenvalue weighted by Crippen LogP contribution is -2.48. The summed E-state index contributed by atoms with van der Waals surface area (Å²) in [6.07, 6.45) is -2.00. The zero-order valence-electron chi connectivity index (χ0n) is 19.4. The largest absolute Gasteiger partial charge is 0.391 e. The van der Waals surface area contributed by atoms with Crippen molar-refractivity contribution >= 4 is 11.7 Å². The van der Waals surface area contributed by atoms with Gasteiger partial charge in [-0.25, -0.2) is 9.67 Å². The Kier molecular flexibility index (Phi) is 6.63. The van der Waals surface area contributed by atoms with Gasteiger partial charge in [0.15, 0.2) is 0 Å². The Morgan fingerprint density at radius 2 is 1.70 bits per heavy atom. The van der Waals surface area contributed by atoms with E-state index in [0.717, 1.165) is 22.9 Å². The third-order valence-corrected chi connectivity index (χ3v) is 6.81. The molecule has 1 saturated heterocycles. The third kappa shape index (κ3) is 5.47. The van der Waals surface area contributed by atoms with Crippen molar-refractivity contribution in [3.8, 4) is 5.95 Å². The number of halogens is 3. The smallest absolute Gasteiger partial charge is 0.353 e. The molecule has 0 atom stereocenters. The lowest BCUT2D eigenvalue weighted by Gasteiger charge is -2.35. The van der Waals surface area contributed by atoms with E-state index in [1.807, 2.05) is 30.9 Å². The summed E-state index contributed by atoms with van der Waals surface area (Å²) in [7, 11) is 0. The fourth-order valence-electron chi connectivity index (χ4n) is 4.90. The van der Waals surface area contributed by atoms with Crippen LogP contribution in [-0.2, 0) is 11.2 Å². The average molecular weight is 465 g/mol. The lowest BCUT2D eigenvalue weighted by molar-refractivity contribution is -0.183. The fraction of sp³-hybridized carbons (Fsp3) is 0.652. The molecule has 0 spiro atoms. The van der Waals surface area contributed by atoms with Crippen LogP contribution in [0.2, 0.25) is 0 Å². The van der Waals surface area contributed by atoms with Crippen LogP contribution in [0, 0.1) is 25.7 Å². The van der Waals surface area contributed by atoms with Gasteiger partial charge in [0.25, 0.3) is 5.95 Å². The molecule has 2 fully saturated rings. The van der Waals surface area contributed by atoms with Gasteiger partial charge in [0.1, 0.15) is 5.82 Å². The molecule has 1 saturated carbocycles. The quantitative estimate of drug-likeness (QED) is 0.688. The number of aryl methyl sites for hydroxylation is 2. The van der Waals surface area contributed by atoms with Gasteiger partial charge in [-0.1, -0.05) is 0 Å². The molecule has 1 aliphatic heterocycles. The Bertz CT molecular complexity index is 989. The molecule has 180 valence electrons. The first-order chi connectivity index (χ1) is 15.6. The number of hydrogen-bond donors (Lipinski definition) is 0. The van der Waals surface area contributed by atoms with Crippen molar-refractivity contribution in [2.45, 2.75) is 59.1 Å². The zero-order valence-corrected chi connectivity index (χ0v) is 19.4. The SMILES string of the molecule is CC(=O)N1CCN(c2cc(CC3CCC(C(F)(F)F)CC3)nc(-n3nc(C)cc3C)n2)CC1. The van der Waals surface area contributed by atoms with Gasteiger partial charge < -0.3 is 9.80 Å². The highest BCUT2D eigenvalue weighted by Crippen LogP contribution is 2.40. The molecule has 7 nitrogen and oxygen atoms in total. The number of carbonyl (C=O) groups is 1. The van der Waals surface area contributed by atoms with Gasteiger partial charge in [-0.05, 0) is 57.9 Å².